The van der Waals surface area contributed by atoms with E-state index in [2.05, 4.69) is 0 Å². The van der Waals surface area contributed by atoms with Crippen molar-refractivity contribution in [1.29, 1.82) is 0 Å². The Morgan fingerprint density at radius 2 is 2.25 bits per heavy atom. The van der Waals surface area contributed by atoms with Crippen LogP contribution in [0, 0.1) is 0 Å². The molecule has 0 saturated carbocycles. The highest BCUT2D eigenvalue weighted by Crippen LogP contribution is 2.18. The summed E-state index contributed by atoms with van der Waals surface area (Å²) in [6.45, 7) is 0. The fourth-order valence-electron chi connectivity index (χ4n) is 1.30. The van der Waals surface area contributed by atoms with E-state index in [1.54, 1.807) is 19.3 Å². The zero-order valence-electron chi connectivity index (χ0n) is 9.09. The maximum atomic E-state index is 10.4. The van der Waals surface area contributed by atoms with Crippen LogP contribution >= 0.6 is 0 Å². The molecule has 0 fully saturated rings. The van der Waals surface area contributed by atoms with Crippen molar-refractivity contribution in [3.63, 3.8) is 0 Å². The average Bonchev–Trinajstić information content (AvgIpc) is 2.26. The van der Waals surface area contributed by atoms with E-state index in [0.717, 1.165) is 11.3 Å². The van der Waals surface area contributed by atoms with Gasteiger partial charge in [0, 0.05) is 11.6 Å². The standard InChI is InChI=1S/C12H15NO3/c1-16-11-5-3-2-4-9(11)6-7-10(13)8-12(14)15/h2-7,10H,8,13H2,1H3,(H,14,15)/b7-6+. The third-order valence-corrected chi connectivity index (χ3v) is 2.07. The SMILES string of the molecule is COc1ccccc1/C=C/C(N)CC(=O)O. The molecule has 1 atom stereocenters. The molecule has 0 saturated heterocycles. The Kier molecular flexibility index (Phi) is 4.54. The van der Waals surface area contributed by atoms with E-state index in [0.29, 0.717) is 0 Å². The van der Waals surface area contributed by atoms with Crippen LogP contribution in [0.3, 0.4) is 0 Å². The lowest BCUT2D eigenvalue weighted by Crippen LogP contribution is -2.20. The molecule has 0 aliphatic heterocycles. The van der Waals surface area contributed by atoms with Crippen molar-refractivity contribution in [3.05, 3.63) is 35.9 Å². The largest absolute Gasteiger partial charge is 0.496 e. The molecule has 4 heteroatoms. The van der Waals surface area contributed by atoms with Crippen LogP contribution in [0.25, 0.3) is 6.08 Å². The van der Waals surface area contributed by atoms with Gasteiger partial charge in [-0.3, -0.25) is 4.79 Å². The molecule has 0 bridgehead atoms. The molecule has 1 unspecified atom stereocenters. The number of ether oxygens (including phenoxy) is 1. The molecule has 1 aromatic rings. The molecule has 0 aromatic heterocycles. The van der Waals surface area contributed by atoms with Gasteiger partial charge in [0.25, 0.3) is 0 Å². The number of nitrogens with two attached hydrogens (primary N) is 1. The molecule has 0 aliphatic rings. The number of carboxylic acids is 1. The van der Waals surface area contributed by atoms with Gasteiger partial charge in [0.15, 0.2) is 0 Å². The Balaban J connectivity index is 2.71. The Morgan fingerprint density at radius 1 is 1.56 bits per heavy atom. The van der Waals surface area contributed by atoms with Crippen LogP contribution < -0.4 is 10.5 Å². The number of rotatable bonds is 5. The lowest BCUT2D eigenvalue weighted by molar-refractivity contribution is -0.137. The molecule has 0 heterocycles. The van der Waals surface area contributed by atoms with E-state index in [4.69, 9.17) is 15.6 Å². The van der Waals surface area contributed by atoms with E-state index in [-0.39, 0.29) is 6.42 Å². The molecular weight excluding hydrogens is 206 g/mol. The van der Waals surface area contributed by atoms with E-state index < -0.39 is 12.0 Å². The normalized spacial score (nSPS) is 12.6. The van der Waals surface area contributed by atoms with Gasteiger partial charge in [-0.25, -0.2) is 0 Å². The summed E-state index contributed by atoms with van der Waals surface area (Å²) in [7, 11) is 1.59. The lowest BCUT2D eigenvalue weighted by Gasteiger charge is -2.05. The number of carbonyl (C=O) groups is 1. The van der Waals surface area contributed by atoms with E-state index in [9.17, 15) is 4.79 Å². The first-order valence-corrected chi connectivity index (χ1v) is 4.92. The van der Waals surface area contributed by atoms with Crippen LogP contribution in [0.2, 0.25) is 0 Å². The third kappa shape index (κ3) is 3.74. The first-order valence-electron chi connectivity index (χ1n) is 4.92. The predicted molar refractivity (Wildman–Crippen MR) is 62.3 cm³/mol. The van der Waals surface area contributed by atoms with Crippen molar-refractivity contribution in [3.8, 4) is 5.75 Å². The molecule has 1 rings (SSSR count). The topological polar surface area (TPSA) is 72.5 Å². The van der Waals surface area contributed by atoms with Gasteiger partial charge < -0.3 is 15.6 Å². The zero-order valence-corrected chi connectivity index (χ0v) is 9.09. The summed E-state index contributed by atoms with van der Waals surface area (Å²) in [6.07, 6.45) is 3.35. The summed E-state index contributed by atoms with van der Waals surface area (Å²) in [5.41, 5.74) is 6.49. The molecule has 0 spiro atoms. The van der Waals surface area contributed by atoms with Crippen molar-refractivity contribution < 1.29 is 14.6 Å². The number of benzene rings is 1. The number of hydrogen-bond acceptors (Lipinski definition) is 3. The second-order valence-corrected chi connectivity index (χ2v) is 3.36. The summed E-state index contributed by atoms with van der Waals surface area (Å²) in [4.78, 5) is 10.4. The molecule has 4 nitrogen and oxygen atoms in total. The second-order valence-electron chi connectivity index (χ2n) is 3.36. The average molecular weight is 221 g/mol. The van der Waals surface area contributed by atoms with Crippen LogP contribution in [-0.4, -0.2) is 24.2 Å². The molecular formula is C12H15NO3. The van der Waals surface area contributed by atoms with Crippen molar-refractivity contribution >= 4 is 12.0 Å². The van der Waals surface area contributed by atoms with E-state index in [1.807, 2.05) is 24.3 Å². The lowest BCUT2D eigenvalue weighted by atomic mass is 10.1. The molecule has 3 N–H and O–H groups in total. The van der Waals surface area contributed by atoms with Crippen LogP contribution in [0.1, 0.15) is 12.0 Å². The molecule has 1 aromatic carbocycles. The van der Waals surface area contributed by atoms with Gasteiger partial charge in [-0.1, -0.05) is 30.4 Å². The fraction of sp³-hybridized carbons (Fsp3) is 0.250. The van der Waals surface area contributed by atoms with Gasteiger partial charge in [-0.15, -0.1) is 0 Å². The van der Waals surface area contributed by atoms with Gasteiger partial charge >= 0.3 is 5.97 Å². The minimum Gasteiger partial charge on any atom is -0.496 e. The molecule has 16 heavy (non-hydrogen) atoms. The summed E-state index contributed by atoms with van der Waals surface area (Å²) < 4.78 is 5.15. The van der Waals surface area contributed by atoms with Gasteiger partial charge in [0.2, 0.25) is 0 Å². The maximum Gasteiger partial charge on any atom is 0.305 e. The van der Waals surface area contributed by atoms with E-state index >= 15 is 0 Å². The van der Waals surface area contributed by atoms with Crippen LogP contribution in [-0.2, 0) is 4.79 Å². The first kappa shape index (κ1) is 12.3. The first-order chi connectivity index (χ1) is 7.63. The quantitative estimate of drug-likeness (QED) is 0.790. The summed E-state index contributed by atoms with van der Waals surface area (Å²) in [5, 5.41) is 8.54. The van der Waals surface area contributed by atoms with Crippen molar-refractivity contribution in [1.82, 2.24) is 0 Å². The smallest absolute Gasteiger partial charge is 0.305 e. The maximum absolute atomic E-state index is 10.4. The Labute approximate surface area is 94.3 Å². The number of hydrogen-bond donors (Lipinski definition) is 2. The van der Waals surface area contributed by atoms with Crippen molar-refractivity contribution in [2.75, 3.05) is 7.11 Å². The fourth-order valence-corrected chi connectivity index (χ4v) is 1.30. The molecule has 0 radical (unpaired) electrons. The van der Waals surface area contributed by atoms with Crippen molar-refractivity contribution in [2.24, 2.45) is 5.73 Å². The third-order valence-electron chi connectivity index (χ3n) is 2.07. The second kappa shape index (κ2) is 5.92. The highest BCUT2D eigenvalue weighted by Gasteiger charge is 2.04. The Bertz CT molecular complexity index is 388. The van der Waals surface area contributed by atoms with E-state index in [1.165, 1.54) is 0 Å². The Morgan fingerprint density at radius 3 is 2.88 bits per heavy atom. The van der Waals surface area contributed by atoms with Crippen LogP contribution in [0.5, 0.6) is 5.75 Å². The number of aliphatic carboxylic acids is 1. The molecule has 0 amide bonds. The van der Waals surface area contributed by atoms with Gasteiger partial charge in [0.05, 0.1) is 13.5 Å². The highest BCUT2D eigenvalue weighted by atomic mass is 16.5. The number of carboxylic acid groups (broad SMARTS) is 1. The molecule has 86 valence electrons. The minimum absolute atomic E-state index is 0.0777. The van der Waals surface area contributed by atoms with Crippen molar-refractivity contribution in [2.45, 2.75) is 12.5 Å². The predicted octanol–water partition coefficient (Wildman–Crippen LogP) is 1.51. The molecule has 0 aliphatic carbocycles. The summed E-state index contributed by atoms with van der Waals surface area (Å²) in [5.74, 6) is -0.168. The summed E-state index contributed by atoms with van der Waals surface area (Å²) >= 11 is 0. The number of methoxy groups -OCH3 is 1. The van der Waals surface area contributed by atoms with Crippen LogP contribution in [0.15, 0.2) is 30.3 Å². The van der Waals surface area contributed by atoms with Gasteiger partial charge in [-0.2, -0.15) is 0 Å². The zero-order chi connectivity index (χ0) is 12.0. The monoisotopic (exact) mass is 221 g/mol. The number of para-hydroxylation sites is 1. The van der Waals surface area contributed by atoms with Gasteiger partial charge in [-0.05, 0) is 6.07 Å². The highest BCUT2D eigenvalue weighted by molar-refractivity contribution is 5.68. The van der Waals surface area contributed by atoms with Gasteiger partial charge in [0.1, 0.15) is 5.75 Å². The van der Waals surface area contributed by atoms with Crippen LogP contribution in [0.4, 0.5) is 0 Å². The summed E-state index contributed by atoms with van der Waals surface area (Å²) in [6, 6.07) is 6.98. The minimum atomic E-state index is -0.905. The Hall–Kier alpha value is -1.81.